The van der Waals surface area contributed by atoms with E-state index in [2.05, 4.69) is 151 Å². The van der Waals surface area contributed by atoms with Crippen LogP contribution in [0.2, 0.25) is 0 Å². The summed E-state index contributed by atoms with van der Waals surface area (Å²) >= 11 is 0. The molecule has 0 unspecified atom stereocenters. The summed E-state index contributed by atoms with van der Waals surface area (Å²) in [7, 11) is 0. The Kier molecular flexibility index (Phi) is 7.29. The predicted molar refractivity (Wildman–Crippen MR) is 210 cm³/mol. The van der Waals surface area contributed by atoms with E-state index in [0.29, 0.717) is 0 Å². The third-order valence-electron chi connectivity index (χ3n) is 9.63. The number of hydrazone groups is 1. The smallest absolute Gasteiger partial charge is 0.143 e. The number of hydrogen-bond donors (Lipinski definition) is 1. The van der Waals surface area contributed by atoms with Crippen LogP contribution in [-0.4, -0.2) is 5.71 Å². The zero-order chi connectivity index (χ0) is 33.4. The van der Waals surface area contributed by atoms with E-state index in [1.807, 2.05) is 36.4 Å². The molecule has 0 radical (unpaired) electrons. The van der Waals surface area contributed by atoms with Gasteiger partial charge in [-0.1, -0.05) is 158 Å². The van der Waals surface area contributed by atoms with Crippen molar-refractivity contribution in [3.8, 4) is 22.3 Å². The standard InChI is InChI=1S/C47H32N2O/c48-49-43(32-16-5-2-6-17-32)30-42(31-14-3-1-4-15-31)36-21-12-19-34(29-36)33-18-11-20-35(28-33)37-26-13-27-44-45(37)46-40-24-9-7-22-38(40)39-23-8-10-25-41(39)47(46)50-44/h1-30H,48H2/b42-30+,49-43+. The molecule has 0 bridgehead atoms. The van der Waals surface area contributed by atoms with Gasteiger partial charge in [-0.05, 0) is 79.4 Å². The van der Waals surface area contributed by atoms with Gasteiger partial charge in [0.05, 0.1) is 5.71 Å². The fraction of sp³-hybridized carbons (Fsp3) is 0. The first-order valence-corrected chi connectivity index (χ1v) is 16.8. The van der Waals surface area contributed by atoms with Crippen LogP contribution in [0.25, 0.3) is 71.3 Å². The fourth-order valence-corrected chi connectivity index (χ4v) is 7.31. The molecule has 0 saturated heterocycles. The SMILES string of the molecule is N/N=C(\C=C(/c1ccccc1)c1cccc(-c2cccc(-c3cccc4oc5c6ccccc6c6ccccc6c5c34)c2)c1)c1ccccc1. The van der Waals surface area contributed by atoms with E-state index < -0.39 is 0 Å². The molecule has 236 valence electrons. The normalized spacial score (nSPS) is 12.3. The van der Waals surface area contributed by atoms with Crippen LogP contribution in [0.4, 0.5) is 0 Å². The summed E-state index contributed by atoms with van der Waals surface area (Å²) in [5, 5.41) is 11.3. The Hall–Kier alpha value is -6.71. The molecule has 9 aromatic rings. The lowest BCUT2D eigenvalue weighted by Gasteiger charge is -2.13. The second kappa shape index (κ2) is 12.4. The molecule has 0 spiro atoms. The molecule has 50 heavy (non-hydrogen) atoms. The van der Waals surface area contributed by atoms with Crippen molar-refractivity contribution in [2.24, 2.45) is 10.9 Å². The van der Waals surface area contributed by atoms with Crippen molar-refractivity contribution in [3.05, 3.63) is 199 Å². The Labute approximate surface area is 290 Å². The fourth-order valence-electron chi connectivity index (χ4n) is 7.31. The van der Waals surface area contributed by atoms with E-state index in [1.165, 1.54) is 16.2 Å². The second-order valence-electron chi connectivity index (χ2n) is 12.5. The minimum absolute atomic E-state index is 0.720. The summed E-state index contributed by atoms with van der Waals surface area (Å²) in [6.07, 6.45) is 2.08. The van der Waals surface area contributed by atoms with Gasteiger partial charge in [-0.3, -0.25) is 0 Å². The largest absolute Gasteiger partial charge is 0.455 e. The minimum Gasteiger partial charge on any atom is -0.455 e. The third-order valence-corrected chi connectivity index (χ3v) is 9.63. The first-order valence-electron chi connectivity index (χ1n) is 16.8. The van der Waals surface area contributed by atoms with Crippen LogP contribution in [0.3, 0.4) is 0 Å². The molecule has 0 aliphatic heterocycles. The Morgan fingerprint density at radius 2 is 1.02 bits per heavy atom. The first kappa shape index (κ1) is 29.4. The van der Waals surface area contributed by atoms with Crippen molar-refractivity contribution in [1.82, 2.24) is 0 Å². The molecule has 0 amide bonds. The van der Waals surface area contributed by atoms with Gasteiger partial charge >= 0.3 is 0 Å². The van der Waals surface area contributed by atoms with Crippen molar-refractivity contribution in [2.75, 3.05) is 0 Å². The van der Waals surface area contributed by atoms with E-state index in [-0.39, 0.29) is 0 Å². The van der Waals surface area contributed by atoms with Crippen molar-refractivity contribution in [1.29, 1.82) is 0 Å². The topological polar surface area (TPSA) is 51.5 Å². The van der Waals surface area contributed by atoms with Crippen LogP contribution < -0.4 is 5.84 Å². The molecule has 1 aromatic heterocycles. The summed E-state index contributed by atoms with van der Waals surface area (Å²) in [5.74, 6) is 5.96. The molecular weight excluding hydrogens is 609 g/mol. The average Bonchev–Trinajstić information content (AvgIpc) is 3.60. The zero-order valence-corrected chi connectivity index (χ0v) is 27.3. The van der Waals surface area contributed by atoms with Crippen LogP contribution in [-0.2, 0) is 0 Å². The van der Waals surface area contributed by atoms with Gasteiger partial charge in [-0.15, -0.1) is 0 Å². The summed E-state index contributed by atoms with van der Waals surface area (Å²) in [4.78, 5) is 0. The molecule has 0 fully saturated rings. The lowest BCUT2D eigenvalue weighted by molar-refractivity contribution is 0.673. The van der Waals surface area contributed by atoms with Crippen LogP contribution >= 0.6 is 0 Å². The number of fused-ring (bicyclic) bond motifs is 8. The minimum atomic E-state index is 0.720. The highest BCUT2D eigenvalue weighted by atomic mass is 16.3. The number of nitrogens with zero attached hydrogens (tertiary/aromatic N) is 1. The monoisotopic (exact) mass is 640 g/mol. The first-order chi connectivity index (χ1) is 24.8. The van der Waals surface area contributed by atoms with Gasteiger partial charge in [0, 0.05) is 21.7 Å². The quantitative estimate of drug-likeness (QED) is 0.0851. The Bertz CT molecular complexity index is 2760. The summed E-state index contributed by atoms with van der Waals surface area (Å²) in [6, 6.07) is 61.6. The van der Waals surface area contributed by atoms with Crippen molar-refractivity contribution < 1.29 is 4.42 Å². The summed E-state index contributed by atoms with van der Waals surface area (Å²) in [6.45, 7) is 0. The molecule has 0 aliphatic rings. The number of rotatable bonds is 6. The average molecular weight is 641 g/mol. The number of furan rings is 1. The highest BCUT2D eigenvalue weighted by Gasteiger charge is 2.19. The number of nitrogens with two attached hydrogens (primary N) is 1. The summed E-state index contributed by atoms with van der Waals surface area (Å²) in [5.41, 5.74) is 11.3. The third kappa shape index (κ3) is 5.04. The lowest BCUT2D eigenvalue weighted by atomic mass is 9.91. The number of hydrogen-bond acceptors (Lipinski definition) is 3. The van der Waals surface area contributed by atoms with E-state index in [0.717, 1.165) is 77.6 Å². The molecule has 9 rings (SSSR count). The Balaban J connectivity index is 1.20. The zero-order valence-electron chi connectivity index (χ0n) is 27.3. The number of allylic oxidation sites excluding steroid dienone is 1. The lowest BCUT2D eigenvalue weighted by Crippen LogP contribution is -2.03. The van der Waals surface area contributed by atoms with E-state index in [4.69, 9.17) is 10.3 Å². The molecule has 8 aromatic carbocycles. The maximum absolute atomic E-state index is 6.68. The summed E-state index contributed by atoms with van der Waals surface area (Å²) < 4.78 is 6.68. The van der Waals surface area contributed by atoms with Gasteiger partial charge in [0.1, 0.15) is 11.2 Å². The van der Waals surface area contributed by atoms with E-state index in [9.17, 15) is 0 Å². The van der Waals surface area contributed by atoms with Gasteiger partial charge in [-0.25, -0.2) is 0 Å². The molecule has 1 heterocycles. The second-order valence-corrected chi connectivity index (χ2v) is 12.5. The predicted octanol–water partition coefficient (Wildman–Crippen LogP) is 12.0. The highest BCUT2D eigenvalue weighted by Crippen LogP contribution is 2.44. The van der Waals surface area contributed by atoms with Crippen molar-refractivity contribution >= 4 is 54.8 Å². The van der Waals surface area contributed by atoms with Gasteiger partial charge in [-0.2, -0.15) is 5.10 Å². The molecular formula is C47H32N2O. The maximum Gasteiger partial charge on any atom is 0.143 e. The molecule has 0 aliphatic carbocycles. The van der Waals surface area contributed by atoms with Crippen molar-refractivity contribution in [2.45, 2.75) is 0 Å². The molecule has 2 N–H and O–H groups in total. The molecule has 3 heteroatoms. The van der Waals surface area contributed by atoms with Gasteiger partial charge < -0.3 is 10.3 Å². The molecule has 0 atom stereocenters. The van der Waals surface area contributed by atoms with Gasteiger partial charge in [0.2, 0.25) is 0 Å². The van der Waals surface area contributed by atoms with Crippen LogP contribution in [0.5, 0.6) is 0 Å². The van der Waals surface area contributed by atoms with E-state index >= 15 is 0 Å². The highest BCUT2D eigenvalue weighted by molar-refractivity contribution is 6.32. The Morgan fingerprint density at radius 1 is 0.460 bits per heavy atom. The van der Waals surface area contributed by atoms with Gasteiger partial charge in [0.25, 0.3) is 0 Å². The number of benzene rings is 8. The van der Waals surface area contributed by atoms with Crippen LogP contribution in [0, 0.1) is 0 Å². The van der Waals surface area contributed by atoms with Gasteiger partial charge in [0.15, 0.2) is 0 Å². The van der Waals surface area contributed by atoms with E-state index in [1.54, 1.807) is 0 Å². The molecule has 0 saturated carbocycles. The maximum atomic E-state index is 6.68. The van der Waals surface area contributed by atoms with Crippen LogP contribution in [0.15, 0.2) is 192 Å². The molecule has 3 nitrogen and oxygen atoms in total. The van der Waals surface area contributed by atoms with Crippen LogP contribution in [0.1, 0.15) is 16.7 Å². The van der Waals surface area contributed by atoms with Crippen molar-refractivity contribution in [3.63, 3.8) is 0 Å². The Morgan fingerprint density at radius 3 is 1.76 bits per heavy atom.